The van der Waals surface area contributed by atoms with Crippen molar-refractivity contribution in [1.29, 1.82) is 0 Å². The van der Waals surface area contributed by atoms with Crippen molar-refractivity contribution in [3.8, 4) is 5.75 Å². The van der Waals surface area contributed by atoms with Crippen molar-refractivity contribution in [2.75, 3.05) is 0 Å². The summed E-state index contributed by atoms with van der Waals surface area (Å²) >= 11 is 0. The average molecular weight is 337 g/mol. The molecule has 0 unspecified atom stereocenters. The molecule has 0 saturated carbocycles. The number of hydrogen-bond acceptors (Lipinski definition) is 4. The number of fused-ring (bicyclic) bond motifs is 1. The molecular weight excluding hydrogens is 314 g/mol. The largest absolute Gasteiger partial charge is 0.487 e. The van der Waals surface area contributed by atoms with E-state index in [2.05, 4.69) is 23.2 Å². The molecule has 1 aromatic heterocycles. The fourth-order valence-electron chi connectivity index (χ4n) is 2.75. The first-order valence-electron chi connectivity index (χ1n) is 8.63. The molecule has 0 fully saturated rings. The summed E-state index contributed by atoms with van der Waals surface area (Å²) in [7, 11) is 0. The summed E-state index contributed by atoms with van der Waals surface area (Å²) < 4.78 is 5.82. The van der Waals surface area contributed by atoms with Gasteiger partial charge in [0.05, 0.1) is 11.2 Å². The highest BCUT2D eigenvalue weighted by molar-refractivity contribution is 5.78. The normalized spacial score (nSPS) is 11.2. The van der Waals surface area contributed by atoms with Gasteiger partial charge in [0.25, 0.3) is 0 Å². The molecule has 0 aliphatic carbocycles. The van der Waals surface area contributed by atoms with Crippen molar-refractivity contribution >= 4 is 10.9 Å². The van der Waals surface area contributed by atoms with E-state index >= 15 is 0 Å². The number of para-hydroxylation sites is 1. The first-order valence-corrected chi connectivity index (χ1v) is 8.63. The Balaban J connectivity index is 1.50. The second-order valence-corrected chi connectivity index (χ2v) is 6.15. The molecule has 0 atom stereocenters. The van der Waals surface area contributed by atoms with E-state index in [1.54, 1.807) is 0 Å². The molecule has 4 heteroatoms. The van der Waals surface area contributed by atoms with E-state index in [1.807, 2.05) is 42.5 Å². The van der Waals surface area contributed by atoms with Gasteiger partial charge in [-0.15, -0.1) is 0 Å². The molecule has 3 rings (SSSR count). The van der Waals surface area contributed by atoms with Crippen molar-refractivity contribution in [1.82, 2.24) is 4.98 Å². The lowest BCUT2D eigenvalue weighted by Crippen LogP contribution is -2.03. The molecule has 0 saturated heterocycles. The number of rotatable bonds is 8. The lowest BCUT2D eigenvalue weighted by molar-refractivity contribution is -0.0465. The summed E-state index contributed by atoms with van der Waals surface area (Å²) in [6.07, 6.45) is 1.92. The van der Waals surface area contributed by atoms with E-state index in [4.69, 9.17) is 14.9 Å². The first kappa shape index (κ1) is 17.4. The standard InChI is InChI=1S/C21H23NO3/c23-21(24)8-4-1-5-16-9-13-19(14-10-16)25-15-18-12-11-17-6-2-3-7-20(17)22-18/h2-3,6-7,9-14,21,23-24H,1,4-5,8,15H2. The lowest BCUT2D eigenvalue weighted by atomic mass is 10.1. The summed E-state index contributed by atoms with van der Waals surface area (Å²) in [5, 5.41) is 18.8. The molecule has 0 spiro atoms. The summed E-state index contributed by atoms with van der Waals surface area (Å²) in [6.45, 7) is 0.443. The molecule has 2 N–H and O–H groups in total. The number of aryl methyl sites for hydroxylation is 1. The third kappa shape index (κ3) is 5.28. The van der Waals surface area contributed by atoms with Crippen LogP contribution >= 0.6 is 0 Å². The number of aromatic nitrogens is 1. The van der Waals surface area contributed by atoms with Gasteiger partial charge in [0.2, 0.25) is 0 Å². The highest BCUT2D eigenvalue weighted by Crippen LogP contribution is 2.17. The highest BCUT2D eigenvalue weighted by atomic mass is 16.5. The van der Waals surface area contributed by atoms with E-state index in [-0.39, 0.29) is 0 Å². The number of aliphatic hydroxyl groups excluding tert-OH is 1. The third-order valence-electron chi connectivity index (χ3n) is 4.14. The Kier molecular flexibility index (Phi) is 5.99. The topological polar surface area (TPSA) is 62.6 Å². The Labute approximate surface area is 147 Å². The second-order valence-electron chi connectivity index (χ2n) is 6.15. The smallest absolute Gasteiger partial charge is 0.151 e. The number of nitrogens with zero attached hydrogens (tertiary/aromatic N) is 1. The number of hydrogen-bond donors (Lipinski definition) is 2. The van der Waals surface area contributed by atoms with Gasteiger partial charge in [-0.25, -0.2) is 4.98 Å². The molecule has 3 aromatic rings. The first-order chi connectivity index (χ1) is 12.2. The maximum absolute atomic E-state index is 8.83. The summed E-state index contributed by atoms with van der Waals surface area (Å²) in [5.41, 5.74) is 3.11. The zero-order valence-electron chi connectivity index (χ0n) is 14.1. The van der Waals surface area contributed by atoms with Crippen molar-refractivity contribution in [3.05, 3.63) is 71.9 Å². The van der Waals surface area contributed by atoms with E-state index < -0.39 is 6.29 Å². The Morgan fingerprint density at radius 3 is 2.48 bits per heavy atom. The van der Waals surface area contributed by atoms with Crippen LogP contribution in [0.1, 0.15) is 30.5 Å². The molecule has 0 bridgehead atoms. The van der Waals surface area contributed by atoms with Gasteiger partial charge in [-0.3, -0.25) is 0 Å². The van der Waals surface area contributed by atoms with Gasteiger partial charge in [-0.05, 0) is 55.5 Å². The Morgan fingerprint density at radius 2 is 1.68 bits per heavy atom. The molecule has 0 radical (unpaired) electrons. The van der Waals surface area contributed by atoms with Gasteiger partial charge in [-0.2, -0.15) is 0 Å². The average Bonchev–Trinajstić information content (AvgIpc) is 2.64. The molecule has 2 aromatic carbocycles. The van der Waals surface area contributed by atoms with Crippen molar-refractivity contribution in [2.24, 2.45) is 0 Å². The van der Waals surface area contributed by atoms with Crippen LogP contribution in [0.2, 0.25) is 0 Å². The van der Waals surface area contributed by atoms with E-state index in [1.165, 1.54) is 5.56 Å². The van der Waals surface area contributed by atoms with Crippen LogP contribution in [0.25, 0.3) is 10.9 Å². The lowest BCUT2D eigenvalue weighted by Gasteiger charge is -2.08. The van der Waals surface area contributed by atoms with Gasteiger partial charge < -0.3 is 14.9 Å². The van der Waals surface area contributed by atoms with Crippen LogP contribution < -0.4 is 4.74 Å². The minimum atomic E-state index is -1.19. The molecule has 4 nitrogen and oxygen atoms in total. The second kappa shape index (κ2) is 8.60. The molecule has 130 valence electrons. The number of aliphatic hydroxyl groups is 2. The number of pyridine rings is 1. The molecule has 0 aliphatic heterocycles. The zero-order chi connectivity index (χ0) is 17.5. The van der Waals surface area contributed by atoms with Crippen LogP contribution in [0.15, 0.2) is 60.7 Å². The summed E-state index contributed by atoms with van der Waals surface area (Å²) in [6, 6.07) is 20.1. The fraction of sp³-hybridized carbons (Fsp3) is 0.286. The maximum Gasteiger partial charge on any atom is 0.151 e. The van der Waals surface area contributed by atoms with E-state index in [0.29, 0.717) is 13.0 Å². The van der Waals surface area contributed by atoms with Crippen molar-refractivity contribution < 1.29 is 14.9 Å². The quantitative estimate of drug-likeness (QED) is 0.484. The Bertz CT molecular complexity index is 800. The van der Waals surface area contributed by atoms with E-state index in [9.17, 15) is 0 Å². The highest BCUT2D eigenvalue weighted by Gasteiger charge is 2.01. The predicted octanol–water partition coefficient (Wildman–Crippen LogP) is 3.84. The number of unbranched alkanes of at least 4 members (excludes halogenated alkanes) is 1. The molecule has 0 aliphatic rings. The van der Waals surface area contributed by atoms with Gasteiger partial charge in [0, 0.05) is 5.39 Å². The third-order valence-corrected chi connectivity index (χ3v) is 4.14. The van der Waals surface area contributed by atoms with Gasteiger partial charge in [0.1, 0.15) is 12.4 Å². The minimum absolute atomic E-state index is 0.431. The van der Waals surface area contributed by atoms with E-state index in [0.717, 1.165) is 41.6 Å². The monoisotopic (exact) mass is 337 g/mol. The molecule has 25 heavy (non-hydrogen) atoms. The Hall–Kier alpha value is -2.43. The molecular formula is C21H23NO3. The predicted molar refractivity (Wildman–Crippen MR) is 98.3 cm³/mol. The number of benzene rings is 2. The van der Waals surface area contributed by atoms with Gasteiger partial charge in [0.15, 0.2) is 6.29 Å². The van der Waals surface area contributed by atoms with Crippen LogP contribution in [-0.2, 0) is 13.0 Å². The number of ether oxygens (including phenoxy) is 1. The SMILES string of the molecule is OC(O)CCCCc1ccc(OCc2ccc3ccccc3n2)cc1. The van der Waals surface area contributed by atoms with Crippen LogP contribution in [0.5, 0.6) is 5.75 Å². The minimum Gasteiger partial charge on any atom is -0.487 e. The van der Waals surface area contributed by atoms with Crippen molar-refractivity contribution in [2.45, 2.75) is 38.6 Å². The Morgan fingerprint density at radius 1 is 0.880 bits per heavy atom. The van der Waals surface area contributed by atoms with Crippen molar-refractivity contribution in [3.63, 3.8) is 0 Å². The van der Waals surface area contributed by atoms with Crippen LogP contribution in [-0.4, -0.2) is 21.5 Å². The summed E-state index contributed by atoms with van der Waals surface area (Å²) in [5.74, 6) is 0.824. The van der Waals surface area contributed by atoms with Gasteiger partial charge in [-0.1, -0.05) is 36.4 Å². The molecule has 0 amide bonds. The zero-order valence-corrected chi connectivity index (χ0v) is 14.1. The van der Waals surface area contributed by atoms with Crippen LogP contribution in [0.4, 0.5) is 0 Å². The fourth-order valence-corrected chi connectivity index (χ4v) is 2.75. The van der Waals surface area contributed by atoms with Crippen LogP contribution in [0, 0.1) is 0 Å². The molecule has 1 heterocycles. The van der Waals surface area contributed by atoms with Crippen LogP contribution in [0.3, 0.4) is 0 Å². The summed E-state index contributed by atoms with van der Waals surface area (Å²) in [4.78, 5) is 4.61. The van der Waals surface area contributed by atoms with Gasteiger partial charge >= 0.3 is 0 Å². The maximum atomic E-state index is 8.83.